The van der Waals surface area contributed by atoms with Crippen LogP contribution in [-0.2, 0) is 8.85 Å². The first-order valence-electron chi connectivity index (χ1n) is 3.47. The summed E-state index contributed by atoms with van der Waals surface area (Å²) >= 11 is 11.7. The molecule has 0 aliphatic carbocycles. The van der Waals surface area contributed by atoms with Crippen LogP contribution in [0.1, 0.15) is 13.3 Å². The molecule has 0 aliphatic rings. The summed E-state index contributed by atoms with van der Waals surface area (Å²) in [5, 5.41) is 0.130. The van der Waals surface area contributed by atoms with Crippen LogP contribution in [0.5, 0.6) is 0 Å². The van der Waals surface area contributed by atoms with Crippen molar-refractivity contribution in [3.63, 3.8) is 0 Å². The van der Waals surface area contributed by atoms with Gasteiger partial charge in [0, 0.05) is 25.6 Å². The van der Waals surface area contributed by atoms with Gasteiger partial charge in [-0.1, -0.05) is 11.1 Å². The normalized spacial score (nSPS) is 15.0. The van der Waals surface area contributed by atoms with E-state index in [1.807, 2.05) is 6.92 Å². The first-order chi connectivity index (χ1) is 5.04. The lowest BCUT2D eigenvalue weighted by atomic mass is 10.4. The quantitative estimate of drug-likeness (QED) is 0.400. The van der Waals surface area contributed by atoms with Crippen LogP contribution in [0.3, 0.4) is 0 Å². The maximum atomic E-state index is 5.99. The zero-order valence-electron chi connectivity index (χ0n) is 7.06. The van der Waals surface area contributed by atoms with Crippen molar-refractivity contribution in [1.29, 1.82) is 0 Å². The highest BCUT2D eigenvalue weighted by atomic mass is 35.6. The standard InChI is InChI=1S/C6H14Cl2O2Si/c1-6(7)4-5-11(8,9-2)10-3/h6H,4-5H2,1-3H3. The van der Waals surface area contributed by atoms with Crippen molar-refractivity contribution in [2.24, 2.45) is 0 Å². The molecule has 11 heavy (non-hydrogen) atoms. The third-order valence-corrected chi connectivity index (χ3v) is 5.27. The fourth-order valence-electron chi connectivity index (χ4n) is 0.659. The van der Waals surface area contributed by atoms with Gasteiger partial charge in [0.25, 0.3) is 0 Å². The molecule has 1 unspecified atom stereocenters. The van der Waals surface area contributed by atoms with Crippen molar-refractivity contribution in [3.8, 4) is 0 Å². The molecule has 0 spiro atoms. The minimum Gasteiger partial charge on any atom is -0.386 e. The average molecular weight is 217 g/mol. The van der Waals surface area contributed by atoms with E-state index in [0.29, 0.717) is 0 Å². The second kappa shape index (κ2) is 5.38. The second-order valence-electron chi connectivity index (χ2n) is 2.39. The molecule has 68 valence electrons. The molecule has 0 radical (unpaired) electrons. The third-order valence-electron chi connectivity index (χ3n) is 1.45. The highest BCUT2D eigenvalue weighted by molar-refractivity contribution is 7.12. The number of rotatable bonds is 5. The van der Waals surface area contributed by atoms with Crippen LogP contribution in [0, 0.1) is 0 Å². The van der Waals surface area contributed by atoms with E-state index in [0.717, 1.165) is 12.5 Å². The second-order valence-corrected chi connectivity index (χ2v) is 7.50. The van der Waals surface area contributed by atoms with E-state index < -0.39 is 7.87 Å². The lowest BCUT2D eigenvalue weighted by molar-refractivity contribution is 0.265. The molecule has 0 N–H and O–H groups in total. The molecule has 1 atom stereocenters. The Morgan fingerprint density at radius 1 is 1.36 bits per heavy atom. The van der Waals surface area contributed by atoms with Crippen LogP contribution in [0.15, 0.2) is 0 Å². The van der Waals surface area contributed by atoms with Gasteiger partial charge in [0.1, 0.15) is 0 Å². The van der Waals surface area contributed by atoms with E-state index in [4.69, 9.17) is 31.5 Å². The molecule has 0 amide bonds. The summed E-state index contributed by atoms with van der Waals surface area (Å²) in [6, 6.07) is 0.728. The Morgan fingerprint density at radius 3 is 2.09 bits per heavy atom. The lowest BCUT2D eigenvalue weighted by Crippen LogP contribution is -2.33. The Balaban J connectivity index is 3.69. The Kier molecular flexibility index (Phi) is 5.73. The van der Waals surface area contributed by atoms with Gasteiger partial charge in [-0.2, -0.15) is 0 Å². The Hall–Kier alpha value is 0.717. The summed E-state index contributed by atoms with van der Waals surface area (Å²) in [6.07, 6.45) is 0.832. The van der Waals surface area contributed by atoms with Crippen LogP contribution < -0.4 is 0 Å². The predicted molar refractivity (Wildman–Crippen MR) is 50.4 cm³/mol. The lowest BCUT2D eigenvalue weighted by Gasteiger charge is -2.19. The van der Waals surface area contributed by atoms with Crippen molar-refractivity contribution < 1.29 is 8.85 Å². The fraction of sp³-hybridized carbons (Fsp3) is 1.00. The topological polar surface area (TPSA) is 18.5 Å². The van der Waals surface area contributed by atoms with Crippen LogP contribution in [-0.4, -0.2) is 27.5 Å². The van der Waals surface area contributed by atoms with E-state index in [2.05, 4.69) is 0 Å². The Bertz CT molecular complexity index is 107. The van der Waals surface area contributed by atoms with Gasteiger partial charge in [-0.3, -0.25) is 0 Å². The highest BCUT2D eigenvalue weighted by Crippen LogP contribution is 2.21. The van der Waals surface area contributed by atoms with Crippen molar-refractivity contribution in [1.82, 2.24) is 0 Å². The summed E-state index contributed by atoms with van der Waals surface area (Å²) in [4.78, 5) is 0. The number of hydrogen-bond acceptors (Lipinski definition) is 2. The smallest absolute Gasteiger partial charge is 0.386 e. The molecule has 0 aromatic rings. The van der Waals surface area contributed by atoms with E-state index in [9.17, 15) is 0 Å². The molecule has 0 bridgehead atoms. The number of alkyl halides is 1. The number of halogens is 2. The van der Waals surface area contributed by atoms with Gasteiger partial charge in [0.2, 0.25) is 0 Å². The van der Waals surface area contributed by atoms with Gasteiger partial charge >= 0.3 is 7.87 Å². The zero-order chi connectivity index (χ0) is 8.91. The van der Waals surface area contributed by atoms with Gasteiger partial charge < -0.3 is 8.85 Å². The van der Waals surface area contributed by atoms with Crippen molar-refractivity contribution in [3.05, 3.63) is 0 Å². The summed E-state index contributed by atoms with van der Waals surface area (Å²) in [5.41, 5.74) is 0. The number of hydrogen-bond donors (Lipinski definition) is 0. The molecule has 0 aromatic heterocycles. The molecular weight excluding hydrogens is 203 g/mol. The Labute approximate surface area is 78.7 Å². The third kappa shape index (κ3) is 5.04. The van der Waals surface area contributed by atoms with E-state index in [1.165, 1.54) is 0 Å². The van der Waals surface area contributed by atoms with Gasteiger partial charge in [0.05, 0.1) is 0 Å². The predicted octanol–water partition coefficient (Wildman–Crippen LogP) is 2.47. The molecule has 2 nitrogen and oxygen atoms in total. The summed E-state index contributed by atoms with van der Waals surface area (Å²) in [7, 11) is 0.770. The maximum Gasteiger partial charge on any atom is 0.442 e. The molecule has 0 aliphatic heterocycles. The minimum absolute atomic E-state index is 0.130. The SMILES string of the molecule is CO[Si](Cl)(CCC(C)Cl)OC. The Morgan fingerprint density at radius 2 is 1.82 bits per heavy atom. The zero-order valence-corrected chi connectivity index (χ0v) is 9.58. The molecule has 0 rings (SSSR count). The molecule has 0 aromatic carbocycles. The van der Waals surface area contributed by atoms with Crippen molar-refractivity contribution in [2.45, 2.75) is 24.8 Å². The largest absolute Gasteiger partial charge is 0.442 e. The molecule has 0 saturated carbocycles. The van der Waals surface area contributed by atoms with Crippen molar-refractivity contribution in [2.75, 3.05) is 14.2 Å². The summed E-state index contributed by atoms with van der Waals surface area (Å²) in [5.74, 6) is 0. The molecule has 0 saturated heterocycles. The van der Waals surface area contributed by atoms with Crippen LogP contribution in [0.25, 0.3) is 0 Å². The molecular formula is C6H14Cl2O2Si. The van der Waals surface area contributed by atoms with E-state index in [-0.39, 0.29) is 5.38 Å². The average Bonchev–Trinajstić information content (AvgIpc) is 2.00. The molecule has 0 fully saturated rings. The van der Waals surface area contributed by atoms with Gasteiger partial charge in [-0.15, -0.1) is 11.6 Å². The first-order valence-corrected chi connectivity index (χ1v) is 6.94. The molecule has 0 heterocycles. The molecule has 5 heteroatoms. The maximum absolute atomic E-state index is 5.99. The first kappa shape index (κ1) is 11.7. The van der Waals surface area contributed by atoms with Crippen LogP contribution in [0.4, 0.5) is 0 Å². The highest BCUT2D eigenvalue weighted by Gasteiger charge is 2.32. The van der Waals surface area contributed by atoms with Crippen LogP contribution >= 0.6 is 22.7 Å². The summed E-state index contributed by atoms with van der Waals surface area (Å²) in [6.45, 7) is 1.93. The fourth-order valence-corrected chi connectivity index (χ4v) is 2.63. The van der Waals surface area contributed by atoms with E-state index in [1.54, 1.807) is 14.2 Å². The van der Waals surface area contributed by atoms with Crippen molar-refractivity contribution >= 4 is 30.6 Å². The van der Waals surface area contributed by atoms with Gasteiger partial charge in [-0.25, -0.2) is 0 Å². The van der Waals surface area contributed by atoms with Gasteiger partial charge in [-0.05, 0) is 13.3 Å². The van der Waals surface area contributed by atoms with Crippen LogP contribution in [0.2, 0.25) is 6.04 Å². The van der Waals surface area contributed by atoms with Gasteiger partial charge in [0.15, 0.2) is 0 Å². The van der Waals surface area contributed by atoms with E-state index >= 15 is 0 Å². The summed E-state index contributed by atoms with van der Waals surface area (Å²) < 4.78 is 10.1. The minimum atomic E-state index is -2.37. The monoisotopic (exact) mass is 216 g/mol.